The third-order valence-corrected chi connectivity index (χ3v) is 6.27. The number of rotatable bonds is 5. The van der Waals surface area contributed by atoms with Crippen LogP contribution in [0.15, 0.2) is 52.2 Å². The first-order valence-corrected chi connectivity index (χ1v) is 9.16. The Morgan fingerprint density at radius 2 is 2.00 bits per heavy atom. The van der Waals surface area contributed by atoms with Crippen molar-refractivity contribution < 1.29 is 22.4 Å². The summed E-state index contributed by atoms with van der Waals surface area (Å²) in [5, 5.41) is 0. The standard InChI is InChI=1S/C17H19NO5S/c1-3-23-16(19)17(14-8-11-22-12-14)9-10-18(17)24(20,21)15-6-4-13(2)5-7-15/h4-8,11-12H,3,9-10H2,1-2H3/t17-/m1/s1. The molecule has 1 fully saturated rings. The summed E-state index contributed by atoms with van der Waals surface area (Å²) in [5.74, 6) is -0.576. The molecule has 6 nitrogen and oxygen atoms in total. The van der Waals surface area contributed by atoms with Gasteiger partial charge in [0, 0.05) is 12.1 Å². The van der Waals surface area contributed by atoms with Crippen LogP contribution in [0.25, 0.3) is 0 Å². The first kappa shape index (κ1) is 16.7. The van der Waals surface area contributed by atoms with Gasteiger partial charge in [0.25, 0.3) is 0 Å². The fourth-order valence-corrected chi connectivity index (χ4v) is 4.70. The van der Waals surface area contributed by atoms with Crippen LogP contribution in [0.3, 0.4) is 0 Å². The molecule has 0 spiro atoms. The van der Waals surface area contributed by atoms with Gasteiger partial charge in [-0.15, -0.1) is 0 Å². The molecule has 0 aliphatic carbocycles. The lowest BCUT2D eigenvalue weighted by molar-refractivity contribution is -0.162. The van der Waals surface area contributed by atoms with Crippen LogP contribution in [0.4, 0.5) is 0 Å². The van der Waals surface area contributed by atoms with Crippen molar-refractivity contribution in [2.24, 2.45) is 0 Å². The number of aryl methyl sites for hydroxylation is 1. The Morgan fingerprint density at radius 3 is 2.50 bits per heavy atom. The fourth-order valence-electron chi connectivity index (χ4n) is 2.95. The second-order valence-electron chi connectivity index (χ2n) is 5.73. The number of nitrogens with zero attached hydrogens (tertiary/aromatic N) is 1. The number of ether oxygens (including phenoxy) is 1. The summed E-state index contributed by atoms with van der Waals surface area (Å²) >= 11 is 0. The highest BCUT2D eigenvalue weighted by molar-refractivity contribution is 7.89. The van der Waals surface area contributed by atoms with E-state index in [1.165, 1.54) is 16.8 Å². The summed E-state index contributed by atoms with van der Waals surface area (Å²) in [5.41, 5.74) is 0.0964. The van der Waals surface area contributed by atoms with Crippen LogP contribution < -0.4 is 0 Å². The van der Waals surface area contributed by atoms with E-state index in [0.29, 0.717) is 12.0 Å². The highest BCUT2D eigenvalue weighted by Gasteiger charge is 2.59. The minimum absolute atomic E-state index is 0.157. The van der Waals surface area contributed by atoms with Gasteiger partial charge in [-0.2, -0.15) is 4.31 Å². The van der Waals surface area contributed by atoms with Gasteiger partial charge in [0.1, 0.15) is 0 Å². The van der Waals surface area contributed by atoms with Crippen LogP contribution >= 0.6 is 0 Å². The monoisotopic (exact) mass is 349 g/mol. The smallest absolute Gasteiger partial charge is 0.332 e. The van der Waals surface area contributed by atoms with Crippen molar-refractivity contribution in [2.45, 2.75) is 30.7 Å². The maximum Gasteiger partial charge on any atom is 0.332 e. The number of carbonyl (C=O) groups excluding carboxylic acids is 1. The molecule has 0 bridgehead atoms. The lowest BCUT2D eigenvalue weighted by Crippen LogP contribution is -2.64. The molecule has 2 aromatic rings. The zero-order valence-electron chi connectivity index (χ0n) is 13.6. The zero-order valence-corrected chi connectivity index (χ0v) is 14.4. The molecule has 1 aromatic carbocycles. The van der Waals surface area contributed by atoms with Gasteiger partial charge in [-0.05, 0) is 38.5 Å². The minimum atomic E-state index is -3.83. The molecule has 0 amide bonds. The number of furan rings is 1. The summed E-state index contributed by atoms with van der Waals surface area (Å²) in [4.78, 5) is 12.8. The number of hydrogen-bond acceptors (Lipinski definition) is 5. The predicted octanol–water partition coefficient (Wildman–Crippen LogP) is 2.44. The van der Waals surface area contributed by atoms with Gasteiger partial charge in [0.15, 0.2) is 5.54 Å². The second-order valence-corrected chi connectivity index (χ2v) is 7.60. The molecule has 0 unspecified atom stereocenters. The third-order valence-electron chi connectivity index (χ3n) is 4.32. The second kappa shape index (κ2) is 6.07. The average molecular weight is 349 g/mol. The fraction of sp³-hybridized carbons (Fsp3) is 0.353. The summed E-state index contributed by atoms with van der Waals surface area (Å²) in [6, 6.07) is 8.17. The van der Waals surface area contributed by atoms with E-state index in [2.05, 4.69) is 0 Å². The minimum Gasteiger partial charge on any atom is -0.472 e. The van der Waals surface area contributed by atoms with Crippen molar-refractivity contribution in [3.8, 4) is 0 Å². The maximum atomic E-state index is 13.0. The number of benzene rings is 1. The first-order chi connectivity index (χ1) is 11.4. The van der Waals surface area contributed by atoms with Gasteiger partial charge in [0.05, 0.1) is 24.0 Å². The summed E-state index contributed by atoms with van der Waals surface area (Å²) in [7, 11) is -3.83. The highest BCUT2D eigenvalue weighted by atomic mass is 32.2. The van der Waals surface area contributed by atoms with E-state index in [1.54, 1.807) is 37.3 Å². The molecule has 2 heterocycles. The SMILES string of the molecule is CCOC(=O)[C@]1(c2ccoc2)CCN1S(=O)(=O)c1ccc(C)cc1. The Kier molecular flexibility index (Phi) is 4.23. The Balaban J connectivity index is 2.06. The summed E-state index contributed by atoms with van der Waals surface area (Å²) in [6.07, 6.45) is 3.18. The molecule has 1 aromatic heterocycles. The van der Waals surface area contributed by atoms with Gasteiger partial charge in [-0.25, -0.2) is 13.2 Å². The molecule has 7 heteroatoms. The van der Waals surface area contributed by atoms with Crippen molar-refractivity contribution in [1.82, 2.24) is 4.31 Å². The lowest BCUT2D eigenvalue weighted by Gasteiger charge is -2.48. The Bertz CT molecular complexity index is 826. The Morgan fingerprint density at radius 1 is 1.29 bits per heavy atom. The molecule has 3 rings (SSSR count). The van der Waals surface area contributed by atoms with E-state index < -0.39 is 21.5 Å². The molecule has 1 atom stereocenters. The molecule has 24 heavy (non-hydrogen) atoms. The van der Waals surface area contributed by atoms with Crippen molar-refractivity contribution >= 4 is 16.0 Å². The van der Waals surface area contributed by atoms with Gasteiger partial charge < -0.3 is 9.15 Å². The van der Waals surface area contributed by atoms with E-state index in [0.717, 1.165) is 5.56 Å². The Labute approximate surface area is 141 Å². The van der Waals surface area contributed by atoms with Crippen molar-refractivity contribution in [2.75, 3.05) is 13.2 Å². The third kappa shape index (κ3) is 2.44. The molecule has 0 radical (unpaired) electrons. The van der Waals surface area contributed by atoms with Gasteiger partial charge in [0.2, 0.25) is 10.0 Å². The maximum absolute atomic E-state index is 13.0. The average Bonchev–Trinajstić information content (AvgIpc) is 3.01. The highest BCUT2D eigenvalue weighted by Crippen LogP contribution is 2.45. The topological polar surface area (TPSA) is 76.8 Å². The number of esters is 1. The van der Waals surface area contributed by atoms with Gasteiger partial charge in [-0.1, -0.05) is 17.7 Å². The number of sulfonamides is 1. The van der Waals surface area contributed by atoms with Crippen LogP contribution in [0, 0.1) is 6.92 Å². The quantitative estimate of drug-likeness (QED) is 0.775. The van der Waals surface area contributed by atoms with E-state index in [9.17, 15) is 13.2 Å². The molecule has 1 aliphatic heterocycles. The van der Waals surface area contributed by atoms with Crippen LogP contribution in [0.2, 0.25) is 0 Å². The molecular formula is C17H19NO5S. The van der Waals surface area contributed by atoms with Crippen LogP contribution in [-0.2, 0) is 25.1 Å². The molecule has 1 aliphatic rings. The lowest BCUT2D eigenvalue weighted by atomic mass is 9.82. The van der Waals surface area contributed by atoms with Crippen LogP contribution in [0.1, 0.15) is 24.5 Å². The van der Waals surface area contributed by atoms with Crippen molar-refractivity contribution in [1.29, 1.82) is 0 Å². The zero-order chi connectivity index (χ0) is 17.4. The number of hydrogen-bond donors (Lipinski definition) is 0. The number of carbonyl (C=O) groups is 1. The molecule has 1 saturated heterocycles. The van der Waals surface area contributed by atoms with Crippen LogP contribution in [0.5, 0.6) is 0 Å². The van der Waals surface area contributed by atoms with Crippen molar-refractivity contribution in [3.63, 3.8) is 0 Å². The van der Waals surface area contributed by atoms with Crippen molar-refractivity contribution in [3.05, 3.63) is 54.0 Å². The predicted molar refractivity (Wildman–Crippen MR) is 86.7 cm³/mol. The molecule has 0 N–H and O–H groups in total. The summed E-state index contributed by atoms with van der Waals surface area (Å²) in [6.45, 7) is 4.00. The van der Waals surface area contributed by atoms with Gasteiger partial charge in [-0.3, -0.25) is 0 Å². The normalized spacial score (nSPS) is 21.2. The summed E-state index contributed by atoms with van der Waals surface area (Å²) < 4.78 is 37.5. The van der Waals surface area contributed by atoms with E-state index in [-0.39, 0.29) is 18.0 Å². The Hall–Kier alpha value is -2.12. The van der Waals surface area contributed by atoms with Crippen LogP contribution in [-0.4, -0.2) is 31.8 Å². The molecule has 0 saturated carbocycles. The van der Waals surface area contributed by atoms with E-state index in [1.807, 2.05) is 6.92 Å². The van der Waals surface area contributed by atoms with E-state index in [4.69, 9.17) is 9.15 Å². The van der Waals surface area contributed by atoms with Gasteiger partial charge >= 0.3 is 5.97 Å². The largest absolute Gasteiger partial charge is 0.472 e. The molecule has 128 valence electrons. The first-order valence-electron chi connectivity index (χ1n) is 7.72. The van der Waals surface area contributed by atoms with E-state index >= 15 is 0 Å². The molecular weight excluding hydrogens is 330 g/mol.